The van der Waals surface area contributed by atoms with E-state index in [1.54, 1.807) is 0 Å². The third-order valence-electron chi connectivity index (χ3n) is 3.45. The summed E-state index contributed by atoms with van der Waals surface area (Å²) in [6.07, 6.45) is -4.15. The van der Waals surface area contributed by atoms with Gasteiger partial charge in [-0.15, -0.1) is 0 Å². The Morgan fingerprint density at radius 3 is 2.46 bits per heavy atom. The largest absolute Gasteiger partial charge is 0.416 e. The van der Waals surface area contributed by atoms with Crippen molar-refractivity contribution in [3.8, 4) is 0 Å². The maximum atomic E-state index is 12.5. The molecule has 0 saturated carbocycles. The van der Waals surface area contributed by atoms with Crippen LogP contribution in [-0.2, 0) is 13.2 Å². The Labute approximate surface area is 135 Å². The van der Waals surface area contributed by atoms with E-state index in [4.69, 9.17) is 0 Å². The minimum Gasteiger partial charge on any atom is -0.387 e. The van der Waals surface area contributed by atoms with E-state index in [1.165, 1.54) is 29.9 Å². The molecule has 0 aliphatic heterocycles. The number of amides is 1. The van der Waals surface area contributed by atoms with Gasteiger partial charge >= 0.3 is 6.18 Å². The highest BCUT2D eigenvalue weighted by Gasteiger charge is 2.30. The minimum absolute atomic E-state index is 0.0837. The van der Waals surface area contributed by atoms with Crippen LogP contribution in [0.25, 0.3) is 0 Å². The predicted molar refractivity (Wildman–Crippen MR) is 80.4 cm³/mol. The first-order chi connectivity index (χ1) is 11.2. The molecule has 0 saturated heterocycles. The van der Waals surface area contributed by atoms with E-state index in [2.05, 4.69) is 5.32 Å². The molecule has 1 heterocycles. The predicted octanol–water partition coefficient (Wildman–Crippen LogP) is 1.87. The van der Waals surface area contributed by atoms with Crippen LogP contribution < -0.4 is 10.9 Å². The van der Waals surface area contributed by atoms with Crippen LogP contribution in [0.4, 0.5) is 13.2 Å². The summed E-state index contributed by atoms with van der Waals surface area (Å²) in [6.45, 7) is -0.234. The Kier molecular flexibility index (Phi) is 5.08. The smallest absolute Gasteiger partial charge is 0.387 e. The second kappa shape index (κ2) is 6.88. The zero-order chi connectivity index (χ0) is 17.9. The number of aliphatic hydroxyl groups is 1. The number of pyridine rings is 1. The first-order valence-corrected chi connectivity index (χ1v) is 6.99. The van der Waals surface area contributed by atoms with Crippen molar-refractivity contribution >= 4 is 5.91 Å². The molecule has 0 fully saturated rings. The molecule has 0 radical (unpaired) electrons. The highest BCUT2D eigenvalue weighted by atomic mass is 19.4. The number of halogens is 3. The van der Waals surface area contributed by atoms with Crippen molar-refractivity contribution in [2.45, 2.75) is 12.3 Å². The van der Waals surface area contributed by atoms with Gasteiger partial charge in [-0.05, 0) is 29.8 Å². The highest BCUT2D eigenvalue weighted by Crippen LogP contribution is 2.29. The lowest BCUT2D eigenvalue weighted by Gasteiger charge is -2.13. The number of hydrogen-bond donors (Lipinski definition) is 2. The molecule has 0 aliphatic carbocycles. The number of benzene rings is 1. The van der Waals surface area contributed by atoms with Crippen molar-refractivity contribution in [2.75, 3.05) is 6.54 Å². The normalized spacial score (nSPS) is 12.7. The molecular formula is C16H15F3N2O3. The zero-order valence-electron chi connectivity index (χ0n) is 12.7. The van der Waals surface area contributed by atoms with E-state index in [-0.39, 0.29) is 17.7 Å². The molecule has 1 atom stereocenters. The maximum Gasteiger partial charge on any atom is 0.416 e. The standard InChI is InChI=1S/C16H15F3N2O3/c1-21-8-2-3-12(15(21)24)14(23)20-9-13(22)10-4-6-11(7-5-10)16(17,18)19/h2-8,13,22H,9H2,1H3,(H,20,23)/t13-/m0/s1. The van der Waals surface area contributed by atoms with Gasteiger partial charge in [-0.3, -0.25) is 9.59 Å². The van der Waals surface area contributed by atoms with E-state index in [9.17, 15) is 27.9 Å². The molecule has 2 rings (SSSR count). The number of aryl methyl sites for hydroxylation is 1. The molecule has 0 unspecified atom stereocenters. The molecule has 5 nitrogen and oxygen atoms in total. The Balaban J connectivity index is 2.02. The van der Waals surface area contributed by atoms with Crippen LogP contribution in [0.5, 0.6) is 0 Å². The lowest BCUT2D eigenvalue weighted by molar-refractivity contribution is -0.137. The van der Waals surface area contributed by atoms with Crippen LogP contribution in [0.1, 0.15) is 27.6 Å². The molecule has 1 aromatic carbocycles. The van der Waals surface area contributed by atoms with Crippen molar-refractivity contribution in [3.63, 3.8) is 0 Å². The Bertz CT molecular complexity index is 782. The fourth-order valence-electron chi connectivity index (χ4n) is 2.07. The van der Waals surface area contributed by atoms with E-state index in [1.807, 2.05) is 0 Å². The fourth-order valence-corrected chi connectivity index (χ4v) is 2.07. The lowest BCUT2D eigenvalue weighted by Crippen LogP contribution is -2.34. The van der Waals surface area contributed by atoms with Crippen LogP contribution in [0.2, 0.25) is 0 Å². The van der Waals surface area contributed by atoms with E-state index in [0.717, 1.165) is 24.3 Å². The number of alkyl halides is 3. The monoisotopic (exact) mass is 340 g/mol. The maximum absolute atomic E-state index is 12.5. The van der Waals surface area contributed by atoms with Crippen LogP contribution in [0.3, 0.4) is 0 Å². The van der Waals surface area contributed by atoms with Crippen molar-refractivity contribution < 1.29 is 23.1 Å². The van der Waals surface area contributed by atoms with Crippen molar-refractivity contribution in [2.24, 2.45) is 7.05 Å². The number of hydrogen-bond acceptors (Lipinski definition) is 3. The van der Waals surface area contributed by atoms with Crippen LogP contribution in [0.15, 0.2) is 47.4 Å². The van der Waals surface area contributed by atoms with Gasteiger partial charge in [-0.2, -0.15) is 13.2 Å². The number of aliphatic hydroxyl groups excluding tert-OH is 1. The summed E-state index contributed by atoms with van der Waals surface area (Å²) in [4.78, 5) is 23.7. The van der Waals surface area contributed by atoms with Gasteiger partial charge in [-0.25, -0.2) is 0 Å². The van der Waals surface area contributed by atoms with Gasteiger partial charge in [0, 0.05) is 19.8 Å². The first-order valence-electron chi connectivity index (χ1n) is 6.99. The van der Waals surface area contributed by atoms with Crippen molar-refractivity contribution in [3.05, 3.63) is 69.6 Å². The summed E-state index contributed by atoms with van der Waals surface area (Å²) in [6, 6.07) is 6.87. The second-order valence-corrected chi connectivity index (χ2v) is 5.18. The molecule has 8 heteroatoms. The molecular weight excluding hydrogens is 325 g/mol. The topological polar surface area (TPSA) is 71.3 Å². The number of nitrogens with zero attached hydrogens (tertiary/aromatic N) is 1. The number of carbonyl (C=O) groups excluding carboxylic acids is 1. The summed E-state index contributed by atoms with van der Waals surface area (Å²) in [5.41, 5.74) is -1.17. The minimum atomic E-state index is -4.45. The number of nitrogens with one attached hydrogen (secondary N) is 1. The molecule has 1 amide bonds. The fraction of sp³-hybridized carbons (Fsp3) is 0.250. The first kappa shape index (κ1) is 17.7. The van der Waals surface area contributed by atoms with E-state index >= 15 is 0 Å². The van der Waals surface area contributed by atoms with Crippen LogP contribution >= 0.6 is 0 Å². The quantitative estimate of drug-likeness (QED) is 0.893. The Morgan fingerprint density at radius 2 is 1.88 bits per heavy atom. The summed E-state index contributed by atoms with van der Waals surface area (Å²) < 4.78 is 38.7. The van der Waals surface area contributed by atoms with Gasteiger partial charge in [0.05, 0.1) is 11.7 Å². The molecule has 0 aliphatic rings. The average Bonchev–Trinajstić information content (AvgIpc) is 2.54. The molecule has 2 aromatic rings. The lowest BCUT2D eigenvalue weighted by atomic mass is 10.1. The molecule has 0 bridgehead atoms. The Hall–Kier alpha value is -2.61. The number of carbonyl (C=O) groups is 1. The van der Waals surface area contributed by atoms with Crippen LogP contribution in [0, 0.1) is 0 Å². The van der Waals surface area contributed by atoms with E-state index < -0.39 is 29.3 Å². The van der Waals surface area contributed by atoms with Gasteiger partial charge in [0.15, 0.2) is 0 Å². The summed E-state index contributed by atoms with van der Waals surface area (Å²) in [5, 5.41) is 12.3. The van der Waals surface area contributed by atoms with Crippen LogP contribution in [-0.4, -0.2) is 22.1 Å². The second-order valence-electron chi connectivity index (χ2n) is 5.18. The summed E-state index contributed by atoms with van der Waals surface area (Å²) in [5.74, 6) is -0.665. The molecule has 2 N–H and O–H groups in total. The average molecular weight is 340 g/mol. The molecule has 128 valence electrons. The van der Waals surface area contributed by atoms with Gasteiger partial charge in [-0.1, -0.05) is 12.1 Å². The summed E-state index contributed by atoms with van der Waals surface area (Å²) >= 11 is 0. The molecule has 1 aromatic heterocycles. The third-order valence-corrected chi connectivity index (χ3v) is 3.45. The Morgan fingerprint density at radius 1 is 1.25 bits per heavy atom. The van der Waals surface area contributed by atoms with Gasteiger partial charge in [0.1, 0.15) is 5.56 Å². The zero-order valence-corrected chi connectivity index (χ0v) is 12.7. The molecule has 0 spiro atoms. The SMILES string of the molecule is Cn1cccc(C(=O)NC[C@H](O)c2ccc(C(F)(F)F)cc2)c1=O. The summed E-state index contributed by atoms with van der Waals surface area (Å²) in [7, 11) is 1.50. The third kappa shape index (κ3) is 4.02. The van der Waals surface area contributed by atoms with Gasteiger partial charge in [0.25, 0.3) is 11.5 Å². The molecule has 24 heavy (non-hydrogen) atoms. The highest BCUT2D eigenvalue weighted by molar-refractivity contribution is 5.93. The van der Waals surface area contributed by atoms with Gasteiger partial charge < -0.3 is 15.0 Å². The van der Waals surface area contributed by atoms with E-state index in [0.29, 0.717) is 0 Å². The number of aromatic nitrogens is 1. The van der Waals surface area contributed by atoms with Crippen molar-refractivity contribution in [1.29, 1.82) is 0 Å². The number of rotatable bonds is 4. The van der Waals surface area contributed by atoms with Gasteiger partial charge in [0.2, 0.25) is 0 Å². The van der Waals surface area contributed by atoms with Crippen molar-refractivity contribution in [1.82, 2.24) is 9.88 Å².